The van der Waals surface area contributed by atoms with Crippen molar-refractivity contribution in [2.24, 2.45) is 0 Å². The van der Waals surface area contributed by atoms with Gasteiger partial charge in [-0.3, -0.25) is 9.35 Å². The van der Waals surface area contributed by atoms with E-state index in [1.807, 2.05) is 0 Å². The Bertz CT molecular complexity index is 1180. The van der Waals surface area contributed by atoms with Crippen LogP contribution in [0.4, 0.5) is 0 Å². The van der Waals surface area contributed by atoms with E-state index in [1.165, 1.54) is 12.8 Å². The maximum Gasteiger partial charge on any atom is 0.397 e. The second-order valence-corrected chi connectivity index (χ2v) is 14.5. The van der Waals surface area contributed by atoms with E-state index in [9.17, 15) is 28.5 Å². The number of hydrogen-bond acceptors (Lipinski definition) is 11. The maximum absolute atomic E-state index is 12.8. The van der Waals surface area contributed by atoms with E-state index in [4.69, 9.17) is 23.5 Å². The number of rotatable bonds is 33. The average molecular weight is 787 g/mol. The molecular weight excluding hydrogens is 717 g/mol. The average Bonchev–Trinajstić information content (AvgIpc) is 3.14. The number of aliphatic hydroxyl groups excluding tert-OH is 3. The van der Waals surface area contributed by atoms with Gasteiger partial charge in [0.25, 0.3) is 0 Å². The summed E-state index contributed by atoms with van der Waals surface area (Å²) < 4.78 is 58.8. The van der Waals surface area contributed by atoms with Gasteiger partial charge in [-0.15, -0.1) is 0 Å². The molecule has 312 valence electrons. The Morgan fingerprint density at radius 3 is 1.89 bits per heavy atom. The van der Waals surface area contributed by atoms with Gasteiger partial charge in [-0.1, -0.05) is 113 Å². The van der Waals surface area contributed by atoms with Crippen molar-refractivity contribution in [2.45, 2.75) is 166 Å². The Hall–Kier alpha value is -2.20. The molecule has 1 heterocycles. The van der Waals surface area contributed by atoms with Crippen molar-refractivity contribution in [3.05, 3.63) is 60.8 Å². The molecule has 1 aliphatic heterocycles. The molecule has 0 spiro atoms. The summed E-state index contributed by atoms with van der Waals surface area (Å²) in [4.78, 5) is 12.8. The molecule has 0 aliphatic carbocycles. The molecule has 0 bridgehead atoms. The highest BCUT2D eigenvalue weighted by molar-refractivity contribution is 7.80. The summed E-state index contributed by atoms with van der Waals surface area (Å²) in [5, 5.41) is 30.5. The standard InChI is InChI=1S/C41H70O12S/c1-3-5-7-9-11-13-15-16-17-18-19-21-23-25-27-29-31-49-33-35(51-37(43)30-28-26-24-22-20-14-12-10-8-6-4-2)34-50-41-39(45)40(53-54(46,47)48)38(44)36(32-42)52-41/h5,7,10-13,16-17,19,21,35-36,38-42,44-45H,3-4,6,8-9,14-15,18,20,22-34H2,1-2H3,(H,46,47,48)/b7-5-,12-10-,13-11-,17-16-,21-19-. The Morgan fingerprint density at radius 2 is 1.28 bits per heavy atom. The lowest BCUT2D eigenvalue weighted by Gasteiger charge is -2.41. The molecule has 1 fully saturated rings. The molecule has 0 radical (unpaired) electrons. The van der Waals surface area contributed by atoms with E-state index in [1.54, 1.807) is 0 Å². The van der Waals surface area contributed by atoms with Crippen LogP contribution < -0.4 is 0 Å². The summed E-state index contributed by atoms with van der Waals surface area (Å²) in [7, 11) is -5.06. The minimum Gasteiger partial charge on any atom is -0.457 e. The van der Waals surface area contributed by atoms with Crippen molar-refractivity contribution in [2.75, 3.05) is 26.4 Å². The monoisotopic (exact) mass is 786 g/mol. The fourth-order valence-electron chi connectivity index (χ4n) is 5.58. The number of carbonyl (C=O) groups is 1. The summed E-state index contributed by atoms with van der Waals surface area (Å²) in [5.41, 5.74) is 0. The molecule has 4 N–H and O–H groups in total. The number of ether oxygens (including phenoxy) is 4. The van der Waals surface area contributed by atoms with Crippen molar-refractivity contribution in [3.8, 4) is 0 Å². The van der Waals surface area contributed by atoms with Gasteiger partial charge in [0.1, 0.15) is 30.5 Å². The third kappa shape index (κ3) is 26.6. The van der Waals surface area contributed by atoms with Gasteiger partial charge < -0.3 is 34.3 Å². The van der Waals surface area contributed by atoms with Gasteiger partial charge in [0.05, 0.1) is 19.8 Å². The Morgan fingerprint density at radius 1 is 0.722 bits per heavy atom. The van der Waals surface area contributed by atoms with Gasteiger partial charge in [0, 0.05) is 13.0 Å². The van der Waals surface area contributed by atoms with Crippen molar-refractivity contribution in [1.82, 2.24) is 0 Å². The first-order chi connectivity index (χ1) is 26.1. The van der Waals surface area contributed by atoms with Crippen LogP contribution in [0.2, 0.25) is 0 Å². The van der Waals surface area contributed by atoms with Crippen LogP contribution in [0.15, 0.2) is 60.8 Å². The number of allylic oxidation sites excluding steroid dienone is 10. The number of unbranched alkanes of at least 4 members (excludes halogenated alkanes) is 10. The summed E-state index contributed by atoms with van der Waals surface area (Å²) in [6, 6.07) is 0. The lowest BCUT2D eigenvalue weighted by Crippen LogP contribution is -2.60. The number of aliphatic hydroxyl groups is 3. The topological polar surface area (TPSA) is 178 Å². The molecule has 13 heteroatoms. The van der Waals surface area contributed by atoms with Crippen molar-refractivity contribution >= 4 is 16.4 Å². The molecule has 0 saturated carbocycles. The molecule has 6 atom stereocenters. The molecule has 6 unspecified atom stereocenters. The molecule has 1 saturated heterocycles. The zero-order valence-corrected chi connectivity index (χ0v) is 33.6. The largest absolute Gasteiger partial charge is 0.457 e. The summed E-state index contributed by atoms with van der Waals surface area (Å²) in [6.07, 6.45) is 29.8. The zero-order chi connectivity index (χ0) is 39.7. The molecule has 1 rings (SSSR count). The molecule has 0 aromatic rings. The zero-order valence-electron chi connectivity index (χ0n) is 32.8. The van der Waals surface area contributed by atoms with E-state index in [0.29, 0.717) is 13.0 Å². The Kier molecular flexibility index (Phi) is 30.4. The predicted octanol–water partition coefficient (Wildman–Crippen LogP) is 7.40. The van der Waals surface area contributed by atoms with Gasteiger partial charge in [-0.25, -0.2) is 4.18 Å². The molecular formula is C41H70O12S. The van der Waals surface area contributed by atoms with Crippen molar-refractivity contribution < 1.29 is 56.2 Å². The van der Waals surface area contributed by atoms with Gasteiger partial charge in [-0.2, -0.15) is 8.42 Å². The van der Waals surface area contributed by atoms with Crippen LogP contribution in [0.25, 0.3) is 0 Å². The SMILES string of the molecule is CC/C=C\C/C=C\C/C=C\C/C=C\CCCCCOCC(COC1OC(CO)C(O)C(OS(=O)(=O)O)C1O)OC(=O)CCCCCCC/C=C\CCCC. The summed E-state index contributed by atoms with van der Waals surface area (Å²) in [6.45, 7) is 3.71. The smallest absolute Gasteiger partial charge is 0.397 e. The van der Waals surface area contributed by atoms with E-state index in [0.717, 1.165) is 89.9 Å². The highest BCUT2D eigenvalue weighted by Gasteiger charge is 2.48. The van der Waals surface area contributed by atoms with Crippen LogP contribution in [0.5, 0.6) is 0 Å². The lowest BCUT2D eigenvalue weighted by atomic mass is 9.99. The minimum atomic E-state index is -5.06. The van der Waals surface area contributed by atoms with Gasteiger partial charge >= 0.3 is 16.4 Å². The van der Waals surface area contributed by atoms with Crippen molar-refractivity contribution in [1.29, 1.82) is 0 Å². The summed E-state index contributed by atoms with van der Waals surface area (Å²) in [5.74, 6) is -0.426. The van der Waals surface area contributed by atoms with Crippen molar-refractivity contribution in [3.63, 3.8) is 0 Å². The van der Waals surface area contributed by atoms with Gasteiger partial charge in [0.2, 0.25) is 0 Å². The molecule has 12 nitrogen and oxygen atoms in total. The highest BCUT2D eigenvalue weighted by Crippen LogP contribution is 2.26. The quantitative estimate of drug-likeness (QED) is 0.0225. The fraction of sp³-hybridized carbons (Fsp3) is 0.732. The minimum absolute atomic E-state index is 0.00813. The number of esters is 1. The predicted molar refractivity (Wildman–Crippen MR) is 211 cm³/mol. The van der Waals surface area contributed by atoms with E-state index < -0.39 is 59.8 Å². The van der Waals surface area contributed by atoms with E-state index >= 15 is 0 Å². The number of hydrogen-bond donors (Lipinski definition) is 4. The first kappa shape index (κ1) is 49.8. The Balaban J connectivity index is 2.52. The first-order valence-corrected chi connectivity index (χ1v) is 21.4. The highest BCUT2D eigenvalue weighted by atomic mass is 32.3. The van der Waals surface area contributed by atoms with Crippen LogP contribution in [0.3, 0.4) is 0 Å². The molecule has 54 heavy (non-hydrogen) atoms. The van der Waals surface area contributed by atoms with E-state index in [-0.39, 0.29) is 19.6 Å². The van der Waals surface area contributed by atoms with Gasteiger partial charge in [0.15, 0.2) is 6.29 Å². The normalized spacial score (nSPS) is 21.8. The first-order valence-electron chi connectivity index (χ1n) is 20.0. The summed E-state index contributed by atoms with van der Waals surface area (Å²) >= 11 is 0. The molecule has 1 aliphatic rings. The maximum atomic E-state index is 12.8. The molecule has 0 aromatic heterocycles. The third-order valence-electron chi connectivity index (χ3n) is 8.62. The Labute approximate surface area is 325 Å². The van der Waals surface area contributed by atoms with E-state index in [2.05, 4.69) is 78.8 Å². The lowest BCUT2D eigenvalue weighted by molar-refractivity contribution is -0.301. The van der Waals surface area contributed by atoms with Crippen LogP contribution in [0.1, 0.15) is 129 Å². The second-order valence-electron chi connectivity index (χ2n) is 13.5. The second kappa shape index (κ2) is 33.0. The van der Waals surface area contributed by atoms with Crippen LogP contribution in [0, 0.1) is 0 Å². The van der Waals surface area contributed by atoms with Crippen LogP contribution in [-0.2, 0) is 38.3 Å². The molecule has 0 aromatic carbocycles. The third-order valence-corrected chi connectivity index (χ3v) is 9.09. The van der Waals surface area contributed by atoms with Gasteiger partial charge in [-0.05, 0) is 70.6 Å². The molecule has 0 amide bonds. The fourth-order valence-corrected chi connectivity index (χ4v) is 6.09. The number of carbonyl (C=O) groups excluding carboxylic acids is 1. The van der Waals surface area contributed by atoms with Crippen LogP contribution in [-0.4, -0.2) is 97.5 Å². The van der Waals surface area contributed by atoms with Crippen LogP contribution >= 0.6 is 0 Å².